The third-order valence-corrected chi connectivity index (χ3v) is 2.55. The van der Waals surface area contributed by atoms with Gasteiger partial charge in [0.1, 0.15) is 0 Å². The lowest BCUT2D eigenvalue weighted by Gasteiger charge is -2.15. The van der Waals surface area contributed by atoms with Gasteiger partial charge in [-0.25, -0.2) is 0 Å². The van der Waals surface area contributed by atoms with Gasteiger partial charge in [-0.1, -0.05) is 0 Å². The van der Waals surface area contributed by atoms with E-state index in [9.17, 15) is 4.79 Å². The predicted molar refractivity (Wildman–Crippen MR) is 50.3 cm³/mol. The van der Waals surface area contributed by atoms with Crippen molar-refractivity contribution in [2.75, 3.05) is 18.6 Å². The van der Waals surface area contributed by atoms with Gasteiger partial charge >= 0.3 is 0 Å². The molecule has 0 aromatic carbocycles. The van der Waals surface area contributed by atoms with Crippen molar-refractivity contribution < 1.29 is 9.53 Å². The van der Waals surface area contributed by atoms with E-state index in [1.54, 1.807) is 11.8 Å². The van der Waals surface area contributed by atoms with Crippen LogP contribution < -0.4 is 5.32 Å². The SMILES string of the molecule is CSCC(=O)N[C@@H]1CCO[C@@H]1C. The van der Waals surface area contributed by atoms with Crippen LogP contribution in [-0.2, 0) is 9.53 Å². The van der Waals surface area contributed by atoms with Crippen molar-refractivity contribution >= 4 is 17.7 Å². The number of carbonyl (C=O) groups excluding carboxylic acids is 1. The van der Waals surface area contributed by atoms with Crippen molar-refractivity contribution in [2.45, 2.75) is 25.5 Å². The highest BCUT2D eigenvalue weighted by atomic mass is 32.2. The molecule has 0 aromatic rings. The van der Waals surface area contributed by atoms with Gasteiger partial charge in [0.2, 0.25) is 5.91 Å². The van der Waals surface area contributed by atoms with Gasteiger partial charge < -0.3 is 10.1 Å². The van der Waals surface area contributed by atoms with Gasteiger partial charge in [-0.2, -0.15) is 11.8 Å². The van der Waals surface area contributed by atoms with Gasteiger partial charge in [0.05, 0.1) is 17.9 Å². The monoisotopic (exact) mass is 189 g/mol. The molecule has 1 N–H and O–H groups in total. The van der Waals surface area contributed by atoms with E-state index in [2.05, 4.69) is 5.32 Å². The summed E-state index contributed by atoms with van der Waals surface area (Å²) in [6.45, 7) is 2.77. The Hall–Kier alpha value is -0.220. The van der Waals surface area contributed by atoms with E-state index >= 15 is 0 Å². The van der Waals surface area contributed by atoms with Crippen LogP contribution in [0.2, 0.25) is 0 Å². The van der Waals surface area contributed by atoms with Crippen molar-refractivity contribution in [1.29, 1.82) is 0 Å². The molecular weight excluding hydrogens is 174 g/mol. The van der Waals surface area contributed by atoms with Crippen molar-refractivity contribution in [3.05, 3.63) is 0 Å². The summed E-state index contributed by atoms with van der Waals surface area (Å²) < 4.78 is 5.32. The molecule has 1 aliphatic heterocycles. The minimum absolute atomic E-state index is 0.116. The molecule has 12 heavy (non-hydrogen) atoms. The molecule has 0 bridgehead atoms. The van der Waals surface area contributed by atoms with Gasteiger partial charge in [0.15, 0.2) is 0 Å². The van der Waals surface area contributed by atoms with Crippen LogP contribution in [0.4, 0.5) is 0 Å². The van der Waals surface area contributed by atoms with E-state index in [-0.39, 0.29) is 18.1 Å². The molecule has 3 nitrogen and oxygen atoms in total. The largest absolute Gasteiger partial charge is 0.376 e. The van der Waals surface area contributed by atoms with Gasteiger partial charge in [-0.05, 0) is 19.6 Å². The minimum atomic E-state index is 0.116. The molecule has 0 aromatic heterocycles. The Balaban J connectivity index is 2.25. The molecule has 0 radical (unpaired) electrons. The number of ether oxygens (including phenoxy) is 1. The predicted octanol–water partition coefficient (Wildman–Crippen LogP) is 0.643. The van der Waals surface area contributed by atoms with E-state index in [0.717, 1.165) is 13.0 Å². The molecule has 1 saturated heterocycles. The Bertz CT molecular complexity index is 163. The van der Waals surface area contributed by atoms with E-state index in [4.69, 9.17) is 4.74 Å². The zero-order valence-electron chi connectivity index (χ0n) is 7.50. The number of rotatable bonds is 3. The van der Waals surface area contributed by atoms with Crippen LogP contribution in [0.3, 0.4) is 0 Å². The van der Waals surface area contributed by atoms with E-state index in [1.807, 2.05) is 13.2 Å². The number of hydrogen-bond acceptors (Lipinski definition) is 3. The molecule has 0 aliphatic carbocycles. The van der Waals surface area contributed by atoms with Crippen molar-refractivity contribution in [3.8, 4) is 0 Å². The second-order valence-electron chi connectivity index (χ2n) is 2.97. The summed E-state index contributed by atoms with van der Waals surface area (Å²) in [5.41, 5.74) is 0. The van der Waals surface area contributed by atoms with Gasteiger partial charge in [0.25, 0.3) is 0 Å². The van der Waals surface area contributed by atoms with E-state index in [0.29, 0.717) is 5.75 Å². The molecule has 4 heteroatoms. The summed E-state index contributed by atoms with van der Waals surface area (Å²) in [6, 6.07) is 0.227. The molecule has 1 amide bonds. The first-order valence-corrected chi connectivity index (χ1v) is 5.53. The van der Waals surface area contributed by atoms with Gasteiger partial charge in [-0.3, -0.25) is 4.79 Å². The lowest BCUT2D eigenvalue weighted by atomic mass is 10.1. The Kier molecular flexibility index (Phi) is 3.88. The van der Waals surface area contributed by atoms with Crippen LogP contribution in [0.25, 0.3) is 0 Å². The number of amides is 1. The van der Waals surface area contributed by atoms with Gasteiger partial charge in [-0.15, -0.1) is 0 Å². The van der Waals surface area contributed by atoms with Gasteiger partial charge in [0, 0.05) is 6.61 Å². The van der Waals surface area contributed by atoms with Crippen LogP contribution >= 0.6 is 11.8 Å². The maximum Gasteiger partial charge on any atom is 0.230 e. The standard InChI is InChI=1S/C8H15NO2S/c1-6-7(3-4-11-6)9-8(10)5-12-2/h6-7H,3-5H2,1-2H3,(H,9,10)/t6-,7-/m1/s1. The highest BCUT2D eigenvalue weighted by Crippen LogP contribution is 2.12. The first kappa shape index (κ1) is 9.86. The second-order valence-corrected chi connectivity index (χ2v) is 3.84. The average Bonchev–Trinajstić information content (AvgIpc) is 2.37. The van der Waals surface area contributed by atoms with E-state index < -0.39 is 0 Å². The fourth-order valence-corrected chi connectivity index (χ4v) is 1.65. The van der Waals surface area contributed by atoms with Crippen LogP contribution in [0.1, 0.15) is 13.3 Å². The first-order chi connectivity index (χ1) is 5.74. The Morgan fingerprint density at radius 3 is 3.00 bits per heavy atom. The molecular formula is C8H15NO2S. The molecule has 70 valence electrons. The summed E-state index contributed by atoms with van der Waals surface area (Å²) in [5, 5.41) is 2.94. The second kappa shape index (κ2) is 4.72. The van der Waals surface area contributed by atoms with Crippen LogP contribution in [0.5, 0.6) is 0 Å². The minimum Gasteiger partial charge on any atom is -0.376 e. The summed E-state index contributed by atoms with van der Waals surface area (Å²) in [6.07, 6.45) is 3.05. The third-order valence-electron chi connectivity index (χ3n) is 2.00. The molecule has 1 fully saturated rings. The lowest BCUT2D eigenvalue weighted by Crippen LogP contribution is -2.40. The quantitative estimate of drug-likeness (QED) is 0.708. The fraction of sp³-hybridized carbons (Fsp3) is 0.875. The van der Waals surface area contributed by atoms with Crippen LogP contribution in [0.15, 0.2) is 0 Å². The maximum absolute atomic E-state index is 11.2. The zero-order valence-corrected chi connectivity index (χ0v) is 8.32. The molecule has 1 rings (SSSR count). The third kappa shape index (κ3) is 2.68. The molecule has 0 saturated carbocycles. The highest BCUT2D eigenvalue weighted by Gasteiger charge is 2.25. The average molecular weight is 189 g/mol. The Labute approximate surface area is 77.2 Å². The zero-order chi connectivity index (χ0) is 8.97. The van der Waals surface area contributed by atoms with E-state index in [1.165, 1.54) is 0 Å². The van der Waals surface area contributed by atoms with Crippen molar-refractivity contribution in [2.24, 2.45) is 0 Å². The number of thioether (sulfide) groups is 1. The van der Waals surface area contributed by atoms with Crippen LogP contribution in [0, 0.1) is 0 Å². The summed E-state index contributed by atoms with van der Waals surface area (Å²) in [5.74, 6) is 0.660. The summed E-state index contributed by atoms with van der Waals surface area (Å²) in [4.78, 5) is 11.2. The summed E-state index contributed by atoms with van der Waals surface area (Å²) >= 11 is 1.54. The number of hydrogen-bond donors (Lipinski definition) is 1. The summed E-state index contributed by atoms with van der Waals surface area (Å²) in [7, 11) is 0. The molecule has 1 aliphatic rings. The molecule has 0 unspecified atom stereocenters. The van der Waals surface area contributed by atoms with Crippen molar-refractivity contribution in [1.82, 2.24) is 5.32 Å². The highest BCUT2D eigenvalue weighted by molar-refractivity contribution is 7.99. The Morgan fingerprint density at radius 1 is 1.75 bits per heavy atom. The van der Waals surface area contributed by atoms with Crippen molar-refractivity contribution in [3.63, 3.8) is 0 Å². The lowest BCUT2D eigenvalue weighted by molar-refractivity contribution is -0.119. The number of carbonyl (C=O) groups is 1. The van der Waals surface area contributed by atoms with Crippen LogP contribution in [-0.4, -0.2) is 36.7 Å². The molecule has 0 spiro atoms. The first-order valence-electron chi connectivity index (χ1n) is 4.14. The maximum atomic E-state index is 11.2. The molecule has 2 atom stereocenters. The normalized spacial score (nSPS) is 28.8. The molecule has 1 heterocycles. The Morgan fingerprint density at radius 2 is 2.50 bits per heavy atom. The smallest absolute Gasteiger partial charge is 0.230 e. The number of nitrogens with one attached hydrogen (secondary N) is 1. The topological polar surface area (TPSA) is 38.3 Å². The fourth-order valence-electron chi connectivity index (χ4n) is 1.30.